The molecule has 2 aromatic carbocycles. The fourth-order valence-electron chi connectivity index (χ4n) is 2.69. The van der Waals surface area contributed by atoms with Gasteiger partial charge in [0.05, 0.1) is 12.1 Å². The summed E-state index contributed by atoms with van der Waals surface area (Å²) in [7, 11) is 0. The molecule has 2 amide bonds. The van der Waals surface area contributed by atoms with E-state index in [0.29, 0.717) is 17.1 Å². The van der Waals surface area contributed by atoms with Gasteiger partial charge in [-0.2, -0.15) is 0 Å². The fraction of sp³-hybridized carbons (Fsp3) is 0.250. The third-order valence-electron chi connectivity index (χ3n) is 4.14. The van der Waals surface area contributed by atoms with Crippen molar-refractivity contribution >= 4 is 29.2 Å². The first-order valence-corrected chi connectivity index (χ1v) is 8.72. The quantitative estimate of drug-likeness (QED) is 0.771. The SMILES string of the molecule is C[C@@H](OC(=O)CCN1C(=O)COc2ccccc21)C(=O)Nc1ccc(F)cc1. The van der Waals surface area contributed by atoms with Crippen molar-refractivity contribution in [2.24, 2.45) is 0 Å². The van der Waals surface area contributed by atoms with Crippen molar-refractivity contribution in [2.75, 3.05) is 23.4 Å². The highest BCUT2D eigenvalue weighted by atomic mass is 19.1. The number of amides is 2. The van der Waals surface area contributed by atoms with Crippen molar-refractivity contribution in [3.05, 3.63) is 54.3 Å². The Morgan fingerprint density at radius 1 is 1.21 bits per heavy atom. The Labute approximate surface area is 161 Å². The molecule has 28 heavy (non-hydrogen) atoms. The van der Waals surface area contributed by atoms with Crippen LogP contribution in [0.15, 0.2) is 48.5 Å². The molecule has 1 aliphatic rings. The van der Waals surface area contributed by atoms with Gasteiger partial charge in [0, 0.05) is 12.2 Å². The second kappa shape index (κ2) is 8.51. The molecule has 0 unspecified atom stereocenters. The Morgan fingerprint density at radius 3 is 2.68 bits per heavy atom. The Bertz CT molecular complexity index is 884. The summed E-state index contributed by atoms with van der Waals surface area (Å²) >= 11 is 0. The summed E-state index contributed by atoms with van der Waals surface area (Å²) < 4.78 is 23.4. The van der Waals surface area contributed by atoms with Gasteiger partial charge in [-0.1, -0.05) is 12.1 Å². The highest BCUT2D eigenvalue weighted by molar-refractivity contribution is 5.98. The lowest BCUT2D eigenvalue weighted by atomic mass is 10.2. The van der Waals surface area contributed by atoms with Crippen LogP contribution in [0.25, 0.3) is 0 Å². The van der Waals surface area contributed by atoms with E-state index in [-0.39, 0.29) is 25.5 Å². The molecule has 1 heterocycles. The molecule has 0 aliphatic carbocycles. The predicted octanol–water partition coefficient (Wildman–Crippen LogP) is 2.51. The summed E-state index contributed by atoms with van der Waals surface area (Å²) in [6.45, 7) is 1.46. The molecular formula is C20H19FN2O5. The second-order valence-corrected chi connectivity index (χ2v) is 6.18. The van der Waals surface area contributed by atoms with Crippen molar-refractivity contribution in [2.45, 2.75) is 19.4 Å². The van der Waals surface area contributed by atoms with Crippen LogP contribution in [0.1, 0.15) is 13.3 Å². The number of nitrogens with one attached hydrogen (secondary N) is 1. The number of nitrogens with zero attached hydrogens (tertiary/aromatic N) is 1. The number of carbonyl (C=O) groups excluding carboxylic acids is 3. The predicted molar refractivity (Wildman–Crippen MR) is 99.5 cm³/mol. The minimum Gasteiger partial charge on any atom is -0.482 e. The van der Waals surface area contributed by atoms with Crippen LogP contribution in [0.2, 0.25) is 0 Å². The van der Waals surface area contributed by atoms with Crippen molar-refractivity contribution in [3.63, 3.8) is 0 Å². The number of halogens is 1. The van der Waals surface area contributed by atoms with E-state index in [1.807, 2.05) is 0 Å². The lowest BCUT2D eigenvalue weighted by Crippen LogP contribution is -2.40. The minimum absolute atomic E-state index is 0.0752. The van der Waals surface area contributed by atoms with E-state index in [0.717, 1.165) is 0 Å². The number of rotatable bonds is 6. The largest absolute Gasteiger partial charge is 0.482 e. The highest BCUT2D eigenvalue weighted by Crippen LogP contribution is 2.31. The Morgan fingerprint density at radius 2 is 1.93 bits per heavy atom. The second-order valence-electron chi connectivity index (χ2n) is 6.18. The molecule has 0 bridgehead atoms. The third kappa shape index (κ3) is 4.64. The maximum Gasteiger partial charge on any atom is 0.308 e. The number of carbonyl (C=O) groups is 3. The summed E-state index contributed by atoms with van der Waals surface area (Å²) in [5.74, 6) is -1.25. The zero-order chi connectivity index (χ0) is 20.1. The Hall–Kier alpha value is -3.42. The Kier molecular flexibility index (Phi) is 5.88. The van der Waals surface area contributed by atoms with E-state index < -0.39 is 23.8 Å². The zero-order valence-corrected chi connectivity index (χ0v) is 15.2. The van der Waals surface area contributed by atoms with Gasteiger partial charge in [0.2, 0.25) is 0 Å². The number of anilines is 2. The van der Waals surface area contributed by atoms with Gasteiger partial charge < -0.3 is 19.7 Å². The van der Waals surface area contributed by atoms with Crippen molar-refractivity contribution in [1.82, 2.24) is 0 Å². The number of esters is 1. The van der Waals surface area contributed by atoms with E-state index >= 15 is 0 Å². The molecule has 7 nitrogen and oxygen atoms in total. The number of hydrogen-bond acceptors (Lipinski definition) is 5. The normalized spacial score (nSPS) is 13.9. The maximum absolute atomic E-state index is 12.9. The topological polar surface area (TPSA) is 84.9 Å². The van der Waals surface area contributed by atoms with Crippen molar-refractivity contribution in [1.29, 1.82) is 0 Å². The summed E-state index contributed by atoms with van der Waals surface area (Å²) in [5.41, 5.74) is 0.985. The van der Waals surface area contributed by atoms with Crippen LogP contribution < -0.4 is 15.0 Å². The molecule has 0 spiro atoms. The van der Waals surface area contributed by atoms with E-state index in [2.05, 4.69) is 5.32 Å². The molecule has 0 fully saturated rings. The van der Waals surface area contributed by atoms with Gasteiger partial charge in [0.15, 0.2) is 12.7 Å². The van der Waals surface area contributed by atoms with Crippen LogP contribution >= 0.6 is 0 Å². The first-order chi connectivity index (χ1) is 13.4. The first kappa shape index (κ1) is 19.3. The molecule has 8 heteroatoms. The molecule has 3 rings (SSSR count). The van der Waals surface area contributed by atoms with E-state index in [1.165, 1.54) is 36.1 Å². The Balaban J connectivity index is 1.52. The van der Waals surface area contributed by atoms with Gasteiger partial charge in [-0.05, 0) is 43.3 Å². The summed E-state index contributed by atoms with van der Waals surface area (Å²) in [5, 5.41) is 2.54. The molecule has 0 radical (unpaired) electrons. The molecule has 1 aliphatic heterocycles. The lowest BCUT2D eigenvalue weighted by Gasteiger charge is -2.29. The highest BCUT2D eigenvalue weighted by Gasteiger charge is 2.26. The number of para-hydroxylation sites is 2. The summed E-state index contributed by atoms with van der Waals surface area (Å²) in [4.78, 5) is 37.7. The average molecular weight is 386 g/mol. The van der Waals surface area contributed by atoms with Crippen LogP contribution in [0, 0.1) is 5.82 Å². The summed E-state index contributed by atoms with van der Waals surface area (Å²) in [6, 6.07) is 12.3. The van der Waals surface area contributed by atoms with Gasteiger partial charge in [0.1, 0.15) is 11.6 Å². The smallest absolute Gasteiger partial charge is 0.308 e. The minimum atomic E-state index is -1.04. The van der Waals surface area contributed by atoms with Gasteiger partial charge in [0.25, 0.3) is 11.8 Å². The molecule has 0 saturated carbocycles. The van der Waals surface area contributed by atoms with Gasteiger partial charge >= 0.3 is 5.97 Å². The third-order valence-corrected chi connectivity index (χ3v) is 4.14. The van der Waals surface area contributed by atoms with Gasteiger partial charge in [-0.25, -0.2) is 4.39 Å². The van der Waals surface area contributed by atoms with Crippen LogP contribution in [0.5, 0.6) is 5.75 Å². The van der Waals surface area contributed by atoms with Gasteiger partial charge in [-0.3, -0.25) is 14.4 Å². The van der Waals surface area contributed by atoms with Gasteiger partial charge in [-0.15, -0.1) is 0 Å². The molecule has 0 aromatic heterocycles. The zero-order valence-electron chi connectivity index (χ0n) is 15.2. The van der Waals surface area contributed by atoms with E-state index in [1.54, 1.807) is 24.3 Å². The molecule has 1 atom stereocenters. The molecular weight excluding hydrogens is 367 g/mol. The number of ether oxygens (including phenoxy) is 2. The standard InChI is InChI=1S/C20H19FN2O5/c1-13(20(26)22-15-8-6-14(21)7-9-15)28-19(25)10-11-23-16-4-2-3-5-17(16)27-12-18(23)24/h2-9,13H,10-12H2,1H3,(H,22,26)/t13-/m1/s1. The summed E-state index contributed by atoms with van der Waals surface area (Å²) in [6.07, 6.45) is -1.11. The van der Waals surface area contributed by atoms with Crippen LogP contribution in [0.4, 0.5) is 15.8 Å². The van der Waals surface area contributed by atoms with Crippen LogP contribution in [-0.2, 0) is 19.1 Å². The number of fused-ring (bicyclic) bond motifs is 1. The lowest BCUT2D eigenvalue weighted by molar-refractivity contribution is -0.153. The van der Waals surface area contributed by atoms with Crippen LogP contribution in [-0.4, -0.2) is 37.0 Å². The van der Waals surface area contributed by atoms with Crippen LogP contribution in [0.3, 0.4) is 0 Å². The number of benzene rings is 2. The van der Waals surface area contributed by atoms with E-state index in [4.69, 9.17) is 9.47 Å². The molecule has 146 valence electrons. The van der Waals surface area contributed by atoms with Crippen molar-refractivity contribution < 1.29 is 28.2 Å². The van der Waals surface area contributed by atoms with Crippen molar-refractivity contribution in [3.8, 4) is 5.75 Å². The average Bonchev–Trinajstić information content (AvgIpc) is 2.69. The molecule has 2 aromatic rings. The first-order valence-electron chi connectivity index (χ1n) is 8.72. The number of hydrogen-bond donors (Lipinski definition) is 1. The van der Waals surface area contributed by atoms with E-state index in [9.17, 15) is 18.8 Å². The monoisotopic (exact) mass is 386 g/mol. The molecule has 0 saturated heterocycles. The fourth-order valence-corrected chi connectivity index (χ4v) is 2.69. The maximum atomic E-state index is 12.9. The molecule has 1 N–H and O–H groups in total.